The topological polar surface area (TPSA) is 32.3 Å². The Morgan fingerprint density at radius 2 is 1.73 bits per heavy atom. The van der Waals surface area contributed by atoms with Gasteiger partial charge in [0.15, 0.2) is 0 Å². The van der Waals surface area contributed by atoms with Gasteiger partial charge < -0.3 is 10.2 Å². The van der Waals surface area contributed by atoms with Gasteiger partial charge >= 0.3 is 6.03 Å². The van der Waals surface area contributed by atoms with Crippen molar-refractivity contribution in [3.05, 3.63) is 0 Å². The van der Waals surface area contributed by atoms with Crippen LogP contribution >= 0.6 is 0 Å². The molecule has 0 aromatic rings. The van der Waals surface area contributed by atoms with E-state index in [1.54, 1.807) is 0 Å². The molecule has 2 saturated carbocycles. The third kappa shape index (κ3) is 2.64. The second kappa shape index (κ2) is 4.03. The number of nitrogens with zero attached hydrogens (tertiary/aromatic N) is 1. The van der Waals surface area contributed by atoms with E-state index in [1.807, 2.05) is 11.9 Å². The third-order valence-electron chi connectivity index (χ3n) is 3.92. The maximum absolute atomic E-state index is 11.9. The molecule has 0 aliphatic heterocycles. The summed E-state index contributed by atoms with van der Waals surface area (Å²) in [5.41, 5.74) is 0. The molecule has 0 bridgehead atoms. The first kappa shape index (κ1) is 10.8. The van der Waals surface area contributed by atoms with Crippen LogP contribution in [0.15, 0.2) is 0 Å². The van der Waals surface area contributed by atoms with Crippen molar-refractivity contribution >= 4 is 6.03 Å². The van der Waals surface area contributed by atoms with Crippen molar-refractivity contribution in [2.24, 2.45) is 11.8 Å². The van der Waals surface area contributed by atoms with Gasteiger partial charge in [0.2, 0.25) is 0 Å². The van der Waals surface area contributed by atoms with Crippen molar-refractivity contribution in [3.8, 4) is 0 Å². The molecule has 2 fully saturated rings. The first-order valence-electron chi connectivity index (χ1n) is 6.13. The van der Waals surface area contributed by atoms with E-state index in [1.165, 1.54) is 25.7 Å². The van der Waals surface area contributed by atoms with Gasteiger partial charge in [-0.15, -0.1) is 0 Å². The van der Waals surface area contributed by atoms with Crippen molar-refractivity contribution in [2.45, 2.75) is 51.6 Å². The monoisotopic (exact) mass is 210 g/mol. The van der Waals surface area contributed by atoms with Gasteiger partial charge in [-0.05, 0) is 51.4 Å². The van der Waals surface area contributed by atoms with Crippen molar-refractivity contribution in [1.82, 2.24) is 10.2 Å². The summed E-state index contributed by atoms with van der Waals surface area (Å²) in [4.78, 5) is 13.7. The molecule has 0 saturated heterocycles. The zero-order chi connectivity index (χ0) is 11.0. The third-order valence-corrected chi connectivity index (χ3v) is 3.92. The SMILES string of the molecule is C[C@@H](NC(=O)N(C)[C@@H](C)C1CC1)C1CC1. The van der Waals surface area contributed by atoms with Crippen molar-refractivity contribution < 1.29 is 4.79 Å². The molecule has 3 nitrogen and oxygen atoms in total. The quantitative estimate of drug-likeness (QED) is 0.758. The minimum Gasteiger partial charge on any atom is -0.335 e. The van der Waals surface area contributed by atoms with Gasteiger partial charge in [0.1, 0.15) is 0 Å². The van der Waals surface area contributed by atoms with Crippen LogP contribution in [0.2, 0.25) is 0 Å². The van der Waals surface area contributed by atoms with Crippen LogP contribution in [0.25, 0.3) is 0 Å². The van der Waals surface area contributed by atoms with E-state index < -0.39 is 0 Å². The van der Waals surface area contributed by atoms with Crippen molar-refractivity contribution in [1.29, 1.82) is 0 Å². The average Bonchev–Trinajstić information content (AvgIpc) is 3.07. The Kier molecular flexibility index (Phi) is 2.89. The molecule has 15 heavy (non-hydrogen) atoms. The van der Waals surface area contributed by atoms with Crippen LogP contribution in [0.3, 0.4) is 0 Å². The predicted molar refractivity (Wildman–Crippen MR) is 60.7 cm³/mol. The molecule has 0 spiro atoms. The summed E-state index contributed by atoms with van der Waals surface area (Å²) in [6.45, 7) is 4.27. The summed E-state index contributed by atoms with van der Waals surface area (Å²) in [7, 11) is 1.91. The summed E-state index contributed by atoms with van der Waals surface area (Å²) >= 11 is 0. The van der Waals surface area contributed by atoms with Gasteiger partial charge in [-0.1, -0.05) is 0 Å². The lowest BCUT2D eigenvalue weighted by atomic mass is 10.2. The van der Waals surface area contributed by atoms with Crippen LogP contribution in [-0.4, -0.2) is 30.1 Å². The molecule has 2 rings (SSSR count). The minimum atomic E-state index is 0.105. The fraction of sp³-hybridized carbons (Fsp3) is 0.917. The zero-order valence-corrected chi connectivity index (χ0v) is 9.99. The van der Waals surface area contributed by atoms with E-state index in [0.29, 0.717) is 12.1 Å². The van der Waals surface area contributed by atoms with Crippen LogP contribution in [-0.2, 0) is 0 Å². The fourth-order valence-corrected chi connectivity index (χ4v) is 2.09. The summed E-state index contributed by atoms with van der Waals surface area (Å²) in [5.74, 6) is 1.48. The van der Waals surface area contributed by atoms with Gasteiger partial charge in [-0.3, -0.25) is 0 Å². The Hall–Kier alpha value is -0.730. The standard InChI is InChI=1S/C12H22N2O/c1-8(10-4-5-10)13-12(15)14(3)9(2)11-6-7-11/h8-11H,4-7H2,1-3H3,(H,13,15)/t8-,9+/m1/s1. The summed E-state index contributed by atoms with van der Waals surface area (Å²) in [6.07, 6.45) is 5.14. The van der Waals surface area contributed by atoms with E-state index in [-0.39, 0.29) is 6.03 Å². The van der Waals surface area contributed by atoms with Gasteiger partial charge in [-0.25, -0.2) is 4.79 Å². The Balaban J connectivity index is 1.77. The normalized spacial score (nSPS) is 24.5. The highest BCUT2D eigenvalue weighted by atomic mass is 16.2. The lowest BCUT2D eigenvalue weighted by molar-refractivity contribution is 0.183. The lowest BCUT2D eigenvalue weighted by Gasteiger charge is -2.27. The molecule has 0 aromatic heterocycles. The second-order valence-corrected chi connectivity index (χ2v) is 5.26. The number of carbonyl (C=O) groups is 1. The van der Waals surface area contributed by atoms with Crippen LogP contribution in [0.4, 0.5) is 4.79 Å². The molecular formula is C12H22N2O. The van der Waals surface area contributed by atoms with Gasteiger partial charge in [-0.2, -0.15) is 0 Å². The average molecular weight is 210 g/mol. The van der Waals surface area contributed by atoms with E-state index in [9.17, 15) is 4.79 Å². The molecule has 2 aliphatic carbocycles. The van der Waals surface area contributed by atoms with Crippen LogP contribution in [0, 0.1) is 11.8 Å². The fourth-order valence-electron chi connectivity index (χ4n) is 2.09. The molecule has 2 amide bonds. The molecule has 2 atom stereocenters. The highest BCUT2D eigenvalue weighted by Gasteiger charge is 2.34. The maximum atomic E-state index is 11.9. The number of urea groups is 1. The summed E-state index contributed by atoms with van der Waals surface area (Å²) in [5, 5.41) is 3.09. The molecule has 0 heterocycles. The second-order valence-electron chi connectivity index (χ2n) is 5.26. The molecule has 86 valence electrons. The number of amides is 2. The van der Waals surface area contributed by atoms with Crippen LogP contribution < -0.4 is 5.32 Å². The van der Waals surface area contributed by atoms with Gasteiger partial charge in [0.05, 0.1) is 0 Å². The van der Waals surface area contributed by atoms with Gasteiger partial charge in [0, 0.05) is 19.1 Å². The number of hydrogen-bond donors (Lipinski definition) is 1. The number of rotatable bonds is 4. The lowest BCUT2D eigenvalue weighted by Crippen LogP contribution is -2.46. The highest BCUT2D eigenvalue weighted by Crippen LogP contribution is 2.35. The molecule has 0 unspecified atom stereocenters. The molecule has 2 aliphatic rings. The van der Waals surface area contributed by atoms with E-state index in [0.717, 1.165) is 11.8 Å². The Morgan fingerprint density at radius 1 is 1.20 bits per heavy atom. The van der Waals surface area contributed by atoms with Crippen molar-refractivity contribution in [3.63, 3.8) is 0 Å². The first-order chi connectivity index (χ1) is 7.09. The summed E-state index contributed by atoms with van der Waals surface area (Å²) in [6, 6.07) is 0.858. The van der Waals surface area contributed by atoms with Crippen LogP contribution in [0.5, 0.6) is 0 Å². The number of nitrogens with one attached hydrogen (secondary N) is 1. The highest BCUT2D eigenvalue weighted by molar-refractivity contribution is 5.74. The predicted octanol–water partition coefficient (Wildman–Crippen LogP) is 2.22. The van der Waals surface area contributed by atoms with E-state index >= 15 is 0 Å². The van der Waals surface area contributed by atoms with E-state index in [2.05, 4.69) is 19.2 Å². The number of carbonyl (C=O) groups excluding carboxylic acids is 1. The first-order valence-corrected chi connectivity index (χ1v) is 6.13. The molecule has 1 N–H and O–H groups in total. The summed E-state index contributed by atoms with van der Waals surface area (Å²) < 4.78 is 0. The largest absolute Gasteiger partial charge is 0.335 e. The molecule has 0 radical (unpaired) electrons. The number of hydrogen-bond acceptors (Lipinski definition) is 1. The van der Waals surface area contributed by atoms with Crippen molar-refractivity contribution in [2.75, 3.05) is 7.05 Å². The smallest absolute Gasteiger partial charge is 0.317 e. The zero-order valence-electron chi connectivity index (χ0n) is 9.99. The Labute approximate surface area is 92.2 Å². The minimum absolute atomic E-state index is 0.105. The Bertz CT molecular complexity index is 246. The maximum Gasteiger partial charge on any atom is 0.317 e. The van der Waals surface area contributed by atoms with Crippen LogP contribution in [0.1, 0.15) is 39.5 Å². The molecule has 3 heteroatoms. The molecular weight excluding hydrogens is 188 g/mol. The van der Waals surface area contributed by atoms with E-state index in [4.69, 9.17) is 0 Å². The molecule has 0 aromatic carbocycles. The van der Waals surface area contributed by atoms with Gasteiger partial charge in [0.25, 0.3) is 0 Å². The Morgan fingerprint density at radius 3 is 2.20 bits per heavy atom.